The molecule has 0 heterocycles. The highest BCUT2D eigenvalue weighted by molar-refractivity contribution is 14.1. The maximum Gasteiger partial charge on any atom is 0.139 e. The van der Waals surface area contributed by atoms with Crippen molar-refractivity contribution in [1.82, 2.24) is 0 Å². The van der Waals surface area contributed by atoms with Crippen molar-refractivity contribution in [3.8, 4) is 5.75 Å². The predicted octanol–water partition coefficient (Wildman–Crippen LogP) is 6.02. The lowest BCUT2D eigenvalue weighted by Crippen LogP contribution is -1.98. The summed E-state index contributed by atoms with van der Waals surface area (Å²) in [5.74, 6) is 1.06. The van der Waals surface area contributed by atoms with Crippen LogP contribution in [0, 0.1) is 3.57 Å². The van der Waals surface area contributed by atoms with Gasteiger partial charge in [0.15, 0.2) is 0 Å². The number of rotatable bonds is 5. The monoisotopic (exact) mass is 412 g/mol. The average Bonchev–Trinajstić information content (AvgIpc) is 2.62. The van der Waals surface area contributed by atoms with E-state index in [4.69, 9.17) is 4.74 Å². The standard InChI is InChI=1S/C21H17IO/c22-20-13-7-8-14-21(20)23-16-15-19(17-9-3-1-4-10-17)18-11-5-2-6-12-18/h1-16,19H/b16-15+. The fourth-order valence-electron chi connectivity index (χ4n) is 2.47. The van der Waals surface area contributed by atoms with E-state index in [2.05, 4.69) is 77.2 Å². The Balaban J connectivity index is 1.85. The number of halogens is 1. The number of hydrogen-bond acceptors (Lipinski definition) is 1. The van der Waals surface area contributed by atoms with Gasteiger partial charge >= 0.3 is 0 Å². The number of ether oxygens (including phenoxy) is 1. The van der Waals surface area contributed by atoms with Crippen molar-refractivity contribution >= 4 is 22.6 Å². The fourth-order valence-corrected chi connectivity index (χ4v) is 2.98. The highest BCUT2D eigenvalue weighted by Gasteiger charge is 2.10. The minimum absolute atomic E-state index is 0.179. The molecule has 2 heteroatoms. The van der Waals surface area contributed by atoms with Crippen LogP contribution in [0.25, 0.3) is 0 Å². The van der Waals surface area contributed by atoms with E-state index >= 15 is 0 Å². The quantitative estimate of drug-likeness (QED) is 0.368. The third-order valence-electron chi connectivity index (χ3n) is 3.62. The molecular weight excluding hydrogens is 395 g/mol. The van der Waals surface area contributed by atoms with Crippen LogP contribution in [-0.2, 0) is 0 Å². The minimum atomic E-state index is 0.179. The molecule has 0 N–H and O–H groups in total. The lowest BCUT2D eigenvalue weighted by Gasteiger charge is -2.14. The Hall–Kier alpha value is -2.07. The summed E-state index contributed by atoms with van der Waals surface area (Å²) in [5.41, 5.74) is 2.50. The molecule has 0 bridgehead atoms. The molecule has 3 rings (SSSR count). The van der Waals surface area contributed by atoms with Gasteiger partial charge in [0.1, 0.15) is 5.75 Å². The summed E-state index contributed by atoms with van der Waals surface area (Å²) < 4.78 is 6.92. The largest absolute Gasteiger partial charge is 0.464 e. The highest BCUT2D eigenvalue weighted by Crippen LogP contribution is 2.26. The number of hydrogen-bond donors (Lipinski definition) is 0. The normalized spacial score (nSPS) is 11.0. The van der Waals surface area contributed by atoms with Gasteiger partial charge in [-0.05, 0) is 51.9 Å². The summed E-state index contributed by atoms with van der Waals surface area (Å²) in [4.78, 5) is 0. The number of para-hydroxylation sites is 1. The molecule has 0 aromatic heterocycles. The van der Waals surface area contributed by atoms with E-state index in [0.717, 1.165) is 9.32 Å². The lowest BCUT2D eigenvalue weighted by molar-refractivity contribution is 0.475. The molecule has 0 saturated heterocycles. The van der Waals surface area contributed by atoms with E-state index in [-0.39, 0.29) is 5.92 Å². The van der Waals surface area contributed by atoms with Gasteiger partial charge in [-0.3, -0.25) is 0 Å². The second-order valence-corrected chi connectivity index (χ2v) is 6.34. The Morgan fingerprint density at radius 2 is 1.22 bits per heavy atom. The van der Waals surface area contributed by atoms with Crippen LogP contribution in [-0.4, -0.2) is 0 Å². The first-order valence-electron chi connectivity index (χ1n) is 7.52. The van der Waals surface area contributed by atoms with Gasteiger partial charge in [-0.1, -0.05) is 72.8 Å². The van der Waals surface area contributed by atoms with Crippen LogP contribution < -0.4 is 4.74 Å². The molecule has 0 spiro atoms. The molecule has 114 valence electrons. The van der Waals surface area contributed by atoms with E-state index in [9.17, 15) is 0 Å². The Bertz CT molecular complexity index is 727. The molecule has 0 unspecified atom stereocenters. The summed E-state index contributed by atoms with van der Waals surface area (Å²) >= 11 is 2.28. The SMILES string of the molecule is Ic1ccccc1O/C=C/C(c1ccccc1)c1ccccc1. The smallest absolute Gasteiger partial charge is 0.139 e. The fraction of sp³-hybridized carbons (Fsp3) is 0.0476. The van der Waals surface area contributed by atoms with E-state index in [1.165, 1.54) is 11.1 Å². The molecule has 0 amide bonds. The first-order valence-corrected chi connectivity index (χ1v) is 8.60. The van der Waals surface area contributed by atoms with Gasteiger partial charge < -0.3 is 4.74 Å². The first-order chi connectivity index (χ1) is 11.3. The van der Waals surface area contributed by atoms with Crippen molar-refractivity contribution in [3.05, 3.63) is 112 Å². The van der Waals surface area contributed by atoms with Crippen LogP contribution in [0.3, 0.4) is 0 Å². The van der Waals surface area contributed by atoms with Gasteiger partial charge in [-0.25, -0.2) is 0 Å². The summed E-state index contributed by atoms with van der Waals surface area (Å²) in [6.45, 7) is 0. The average molecular weight is 412 g/mol. The van der Waals surface area contributed by atoms with Gasteiger partial charge in [-0.15, -0.1) is 0 Å². The molecule has 1 nitrogen and oxygen atoms in total. The molecule has 0 aliphatic carbocycles. The molecular formula is C21H17IO. The van der Waals surface area contributed by atoms with Crippen molar-refractivity contribution in [2.45, 2.75) is 5.92 Å². The van der Waals surface area contributed by atoms with Crippen LogP contribution in [0.15, 0.2) is 97.3 Å². The number of allylic oxidation sites excluding steroid dienone is 1. The second kappa shape index (κ2) is 7.97. The van der Waals surface area contributed by atoms with Crippen molar-refractivity contribution in [2.24, 2.45) is 0 Å². The van der Waals surface area contributed by atoms with Gasteiger partial charge in [0.25, 0.3) is 0 Å². The maximum absolute atomic E-state index is 5.82. The van der Waals surface area contributed by atoms with Gasteiger partial charge in [0.05, 0.1) is 9.83 Å². The third-order valence-corrected chi connectivity index (χ3v) is 4.51. The molecule has 3 aromatic rings. The first kappa shape index (κ1) is 15.8. The predicted molar refractivity (Wildman–Crippen MR) is 104 cm³/mol. The lowest BCUT2D eigenvalue weighted by atomic mass is 9.91. The zero-order valence-electron chi connectivity index (χ0n) is 12.6. The van der Waals surface area contributed by atoms with Crippen LogP contribution in [0.5, 0.6) is 5.75 Å². The highest BCUT2D eigenvalue weighted by atomic mass is 127. The molecule has 0 saturated carbocycles. The van der Waals surface area contributed by atoms with Crippen molar-refractivity contribution in [3.63, 3.8) is 0 Å². The van der Waals surface area contributed by atoms with Crippen LogP contribution in [0.4, 0.5) is 0 Å². The Morgan fingerprint density at radius 3 is 1.78 bits per heavy atom. The Morgan fingerprint density at radius 1 is 0.696 bits per heavy atom. The van der Waals surface area contributed by atoms with Crippen molar-refractivity contribution in [1.29, 1.82) is 0 Å². The summed E-state index contributed by atoms with van der Waals surface area (Å²) in [7, 11) is 0. The van der Waals surface area contributed by atoms with E-state index in [1.807, 2.05) is 36.4 Å². The van der Waals surface area contributed by atoms with Crippen LogP contribution >= 0.6 is 22.6 Å². The van der Waals surface area contributed by atoms with Gasteiger partial charge in [-0.2, -0.15) is 0 Å². The zero-order chi connectivity index (χ0) is 15.9. The van der Waals surface area contributed by atoms with E-state index < -0.39 is 0 Å². The summed E-state index contributed by atoms with van der Waals surface area (Å²) in [6, 6.07) is 29.0. The van der Waals surface area contributed by atoms with E-state index in [1.54, 1.807) is 6.26 Å². The number of benzene rings is 3. The minimum Gasteiger partial charge on any atom is -0.464 e. The van der Waals surface area contributed by atoms with Crippen LogP contribution in [0.1, 0.15) is 17.0 Å². The molecule has 3 aromatic carbocycles. The van der Waals surface area contributed by atoms with Gasteiger partial charge in [0.2, 0.25) is 0 Å². The molecule has 0 fully saturated rings. The van der Waals surface area contributed by atoms with Crippen molar-refractivity contribution < 1.29 is 4.74 Å². The third kappa shape index (κ3) is 4.23. The molecule has 0 radical (unpaired) electrons. The molecule has 0 aliphatic rings. The zero-order valence-corrected chi connectivity index (χ0v) is 14.8. The topological polar surface area (TPSA) is 9.23 Å². The molecule has 23 heavy (non-hydrogen) atoms. The Labute approximate surface area is 150 Å². The molecule has 0 atom stereocenters. The van der Waals surface area contributed by atoms with Crippen molar-refractivity contribution in [2.75, 3.05) is 0 Å². The maximum atomic E-state index is 5.82. The second-order valence-electron chi connectivity index (χ2n) is 5.18. The van der Waals surface area contributed by atoms with Crippen LogP contribution in [0.2, 0.25) is 0 Å². The summed E-state index contributed by atoms with van der Waals surface area (Å²) in [6.07, 6.45) is 3.90. The Kier molecular flexibility index (Phi) is 5.48. The molecule has 0 aliphatic heterocycles. The van der Waals surface area contributed by atoms with E-state index in [0.29, 0.717) is 0 Å². The summed E-state index contributed by atoms with van der Waals surface area (Å²) in [5, 5.41) is 0. The van der Waals surface area contributed by atoms with Gasteiger partial charge in [0, 0.05) is 5.92 Å².